The summed E-state index contributed by atoms with van der Waals surface area (Å²) < 4.78 is 11.5. The Morgan fingerprint density at radius 1 is 0.938 bits per heavy atom. The zero-order valence-electron chi connectivity index (χ0n) is 19.0. The number of carbonyl (C=O) groups is 2. The molecule has 1 heterocycles. The predicted octanol–water partition coefficient (Wildman–Crippen LogP) is 6.44. The minimum Gasteiger partial charge on any atom is -0.452 e. The zero-order chi connectivity index (χ0) is 23.0. The number of benzene rings is 3. The topological polar surface area (TPSA) is 52.6 Å². The van der Waals surface area contributed by atoms with Crippen LogP contribution in [0, 0.1) is 13.8 Å². The van der Waals surface area contributed by atoms with E-state index in [1.54, 1.807) is 37.3 Å². The first-order valence-corrected chi connectivity index (χ1v) is 10.6. The highest BCUT2D eigenvalue weighted by molar-refractivity contribution is 6.15. The third kappa shape index (κ3) is 4.09. The second-order valence-corrected chi connectivity index (χ2v) is 9.08. The van der Waals surface area contributed by atoms with Gasteiger partial charge in [-0.2, -0.15) is 0 Å². The van der Waals surface area contributed by atoms with Gasteiger partial charge in [0.2, 0.25) is 5.78 Å². The van der Waals surface area contributed by atoms with Crippen LogP contribution < -0.4 is 9.47 Å². The third-order valence-corrected chi connectivity index (χ3v) is 5.68. The first-order chi connectivity index (χ1) is 15.1. The summed E-state index contributed by atoms with van der Waals surface area (Å²) in [5, 5.41) is 0. The SMILES string of the molecule is Cc1ccccc1C(=O)Oc1ccc2c(c1C)O/C(=C\c1ccc(C(C)(C)C)cc1)C2=O. The molecule has 1 aliphatic heterocycles. The molecular weight excluding hydrogens is 400 g/mol. The van der Waals surface area contributed by atoms with Crippen LogP contribution in [0.5, 0.6) is 11.5 Å². The summed E-state index contributed by atoms with van der Waals surface area (Å²) in [6.45, 7) is 10.1. The molecule has 0 saturated carbocycles. The van der Waals surface area contributed by atoms with Gasteiger partial charge in [0, 0.05) is 5.56 Å². The number of carbonyl (C=O) groups excluding carboxylic acids is 2. The molecule has 0 radical (unpaired) electrons. The molecule has 0 amide bonds. The summed E-state index contributed by atoms with van der Waals surface area (Å²) in [7, 11) is 0. The van der Waals surface area contributed by atoms with Crippen LogP contribution in [-0.2, 0) is 5.41 Å². The van der Waals surface area contributed by atoms with E-state index in [-0.39, 0.29) is 17.0 Å². The van der Waals surface area contributed by atoms with Crippen molar-refractivity contribution in [3.63, 3.8) is 0 Å². The second-order valence-electron chi connectivity index (χ2n) is 9.08. The molecule has 4 nitrogen and oxygen atoms in total. The Bertz CT molecular complexity index is 1240. The average Bonchev–Trinajstić information content (AvgIpc) is 3.06. The lowest BCUT2D eigenvalue weighted by molar-refractivity contribution is 0.0732. The summed E-state index contributed by atoms with van der Waals surface area (Å²) in [6.07, 6.45) is 1.74. The molecular formula is C28H26O4. The number of rotatable bonds is 3. The number of allylic oxidation sites excluding steroid dienone is 1. The Morgan fingerprint density at radius 3 is 2.28 bits per heavy atom. The van der Waals surface area contributed by atoms with E-state index in [1.165, 1.54) is 5.56 Å². The number of Topliss-reactive ketones (excluding diaryl/α,β-unsaturated/α-hetero) is 1. The number of aryl methyl sites for hydroxylation is 1. The molecule has 0 N–H and O–H groups in total. The normalized spacial score (nSPS) is 14.3. The van der Waals surface area contributed by atoms with Crippen molar-refractivity contribution < 1.29 is 19.1 Å². The Hall–Kier alpha value is -3.66. The van der Waals surface area contributed by atoms with Crippen molar-refractivity contribution in [1.82, 2.24) is 0 Å². The molecule has 0 aliphatic carbocycles. The number of hydrogen-bond acceptors (Lipinski definition) is 4. The van der Waals surface area contributed by atoms with Crippen LogP contribution in [0.4, 0.5) is 0 Å². The van der Waals surface area contributed by atoms with E-state index in [0.717, 1.165) is 11.1 Å². The Labute approximate surface area is 188 Å². The van der Waals surface area contributed by atoms with Gasteiger partial charge in [0.15, 0.2) is 5.76 Å². The van der Waals surface area contributed by atoms with Gasteiger partial charge in [0.1, 0.15) is 11.5 Å². The molecule has 162 valence electrons. The lowest BCUT2D eigenvalue weighted by atomic mass is 9.86. The van der Waals surface area contributed by atoms with Gasteiger partial charge in [0.25, 0.3) is 0 Å². The molecule has 0 aromatic heterocycles. The molecule has 0 spiro atoms. The van der Waals surface area contributed by atoms with Crippen LogP contribution in [0.2, 0.25) is 0 Å². The molecule has 32 heavy (non-hydrogen) atoms. The van der Waals surface area contributed by atoms with Crippen LogP contribution in [-0.4, -0.2) is 11.8 Å². The highest BCUT2D eigenvalue weighted by Gasteiger charge is 2.30. The van der Waals surface area contributed by atoms with Crippen molar-refractivity contribution in [3.05, 3.63) is 99.8 Å². The fourth-order valence-corrected chi connectivity index (χ4v) is 3.67. The summed E-state index contributed by atoms with van der Waals surface area (Å²) in [5.41, 5.74) is 4.59. The van der Waals surface area contributed by atoms with Gasteiger partial charge in [-0.3, -0.25) is 4.79 Å². The van der Waals surface area contributed by atoms with Crippen molar-refractivity contribution in [2.24, 2.45) is 0 Å². The molecule has 4 heteroatoms. The van der Waals surface area contributed by atoms with Crippen molar-refractivity contribution in [2.75, 3.05) is 0 Å². The van der Waals surface area contributed by atoms with Crippen molar-refractivity contribution in [3.8, 4) is 11.5 Å². The molecule has 3 aromatic rings. The molecule has 0 saturated heterocycles. The standard InChI is InChI=1S/C28H26O4/c1-17-8-6-7-9-21(17)27(30)32-23-15-14-22-25(29)24(31-26(22)18(23)2)16-19-10-12-20(13-11-19)28(3,4)5/h6-16H,1-5H3/b24-16-. The summed E-state index contributed by atoms with van der Waals surface area (Å²) in [5.74, 6) is 0.446. The van der Waals surface area contributed by atoms with Gasteiger partial charge in [0.05, 0.1) is 11.1 Å². The minimum absolute atomic E-state index is 0.0603. The summed E-state index contributed by atoms with van der Waals surface area (Å²) in [4.78, 5) is 25.5. The van der Waals surface area contributed by atoms with Gasteiger partial charge >= 0.3 is 5.97 Å². The van der Waals surface area contributed by atoms with Crippen molar-refractivity contribution in [1.29, 1.82) is 0 Å². The fraction of sp³-hybridized carbons (Fsp3) is 0.214. The lowest BCUT2D eigenvalue weighted by Crippen LogP contribution is -2.11. The van der Waals surface area contributed by atoms with Gasteiger partial charge < -0.3 is 9.47 Å². The number of ether oxygens (including phenoxy) is 2. The molecule has 0 fully saturated rings. The van der Waals surface area contributed by atoms with E-state index in [9.17, 15) is 9.59 Å². The molecule has 0 bridgehead atoms. The van der Waals surface area contributed by atoms with E-state index >= 15 is 0 Å². The van der Waals surface area contributed by atoms with E-state index < -0.39 is 5.97 Å². The van der Waals surface area contributed by atoms with Crippen LogP contribution in [0.3, 0.4) is 0 Å². The second kappa shape index (κ2) is 8.12. The van der Waals surface area contributed by atoms with Crippen LogP contribution in [0.1, 0.15) is 63.7 Å². The maximum absolute atomic E-state index is 12.9. The molecule has 3 aromatic carbocycles. The van der Waals surface area contributed by atoms with Gasteiger partial charge in [-0.1, -0.05) is 63.2 Å². The lowest BCUT2D eigenvalue weighted by Gasteiger charge is -2.18. The Morgan fingerprint density at radius 2 is 1.62 bits per heavy atom. The van der Waals surface area contributed by atoms with E-state index in [1.807, 2.05) is 31.2 Å². The number of fused-ring (bicyclic) bond motifs is 1. The number of ketones is 1. The smallest absolute Gasteiger partial charge is 0.343 e. The number of esters is 1. The van der Waals surface area contributed by atoms with Crippen molar-refractivity contribution >= 4 is 17.8 Å². The highest BCUT2D eigenvalue weighted by atomic mass is 16.5. The van der Waals surface area contributed by atoms with Gasteiger partial charge in [-0.25, -0.2) is 4.79 Å². The minimum atomic E-state index is -0.440. The van der Waals surface area contributed by atoms with Crippen LogP contribution >= 0.6 is 0 Å². The highest BCUT2D eigenvalue weighted by Crippen LogP contribution is 2.39. The summed E-state index contributed by atoms with van der Waals surface area (Å²) >= 11 is 0. The van der Waals surface area contributed by atoms with Gasteiger partial charge in [-0.05, 0) is 60.2 Å². The van der Waals surface area contributed by atoms with E-state index in [4.69, 9.17) is 9.47 Å². The number of hydrogen-bond donors (Lipinski definition) is 0. The first kappa shape index (κ1) is 21.6. The summed E-state index contributed by atoms with van der Waals surface area (Å²) in [6, 6.07) is 18.6. The molecule has 1 aliphatic rings. The molecule has 0 unspecified atom stereocenters. The molecule has 0 atom stereocenters. The fourth-order valence-electron chi connectivity index (χ4n) is 3.67. The van der Waals surface area contributed by atoms with Crippen LogP contribution in [0.15, 0.2) is 66.4 Å². The van der Waals surface area contributed by atoms with E-state index in [0.29, 0.717) is 28.2 Å². The van der Waals surface area contributed by atoms with Gasteiger partial charge in [-0.15, -0.1) is 0 Å². The predicted molar refractivity (Wildman–Crippen MR) is 125 cm³/mol. The quantitative estimate of drug-likeness (QED) is 0.275. The Kier molecular flexibility index (Phi) is 5.47. The van der Waals surface area contributed by atoms with Crippen molar-refractivity contribution in [2.45, 2.75) is 40.0 Å². The van der Waals surface area contributed by atoms with E-state index in [2.05, 4.69) is 32.9 Å². The largest absolute Gasteiger partial charge is 0.452 e. The zero-order valence-corrected chi connectivity index (χ0v) is 19.0. The van der Waals surface area contributed by atoms with Crippen LogP contribution in [0.25, 0.3) is 6.08 Å². The maximum Gasteiger partial charge on any atom is 0.343 e. The third-order valence-electron chi connectivity index (χ3n) is 5.68. The maximum atomic E-state index is 12.9. The molecule has 4 rings (SSSR count). The Balaban J connectivity index is 1.59. The average molecular weight is 427 g/mol. The first-order valence-electron chi connectivity index (χ1n) is 10.6. The monoisotopic (exact) mass is 426 g/mol.